The molecule has 0 spiro atoms. The van der Waals surface area contributed by atoms with Crippen molar-refractivity contribution in [1.82, 2.24) is 15.4 Å². The second-order valence-corrected chi connectivity index (χ2v) is 4.99. The summed E-state index contributed by atoms with van der Waals surface area (Å²) < 4.78 is 0. The van der Waals surface area contributed by atoms with Crippen molar-refractivity contribution >= 4 is 0 Å². The van der Waals surface area contributed by atoms with Crippen LogP contribution in [0.2, 0.25) is 0 Å². The van der Waals surface area contributed by atoms with E-state index in [-0.39, 0.29) is 6.04 Å². The summed E-state index contributed by atoms with van der Waals surface area (Å²) in [5.74, 6) is 7.26. The highest BCUT2D eigenvalue weighted by atomic mass is 15.2. The van der Waals surface area contributed by atoms with Gasteiger partial charge in [-0.05, 0) is 25.3 Å². The molecule has 17 heavy (non-hydrogen) atoms. The second-order valence-electron chi connectivity index (χ2n) is 4.99. The Hall–Kier alpha value is -1.00. The first-order valence-electron chi connectivity index (χ1n) is 6.55. The van der Waals surface area contributed by atoms with Crippen LogP contribution in [0.5, 0.6) is 0 Å². The predicted octanol–water partition coefficient (Wildman–Crippen LogP) is 2.26. The number of hydrazine groups is 1. The van der Waals surface area contributed by atoms with Crippen LogP contribution in [0.4, 0.5) is 0 Å². The van der Waals surface area contributed by atoms with E-state index in [0.29, 0.717) is 0 Å². The molecule has 4 nitrogen and oxygen atoms in total. The highest BCUT2D eigenvalue weighted by Gasteiger charge is 2.20. The first-order valence-corrected chi connectivity index (χ1v) is 6.55. The molecule has 0 saturated heterocycles. The van der Waals surface area contributed by atoms with E-state index in [4.69, 9.17) is 5.84 Å². The van der Waals surface area contributed by atoms with E-state index in [0.717, 1.165) is 23.9 Å². The Kier molecular flexibility index (Phi) is 4.45. The van der Waals surface area contributed by atoms with Crippen molar-refractivity contribution in [3.8, 4) is 0 Å². The van der Waals surface area contributed by atoms with Crippen LogP contribution in [0, 0.1) is 12.8 Å². The summed E-state index contributed by atoms with van der Waals surface area (Å²) in [5, 5.41) is 0. The van der Waals surface area contributed by atoms with Crippen molar-refractivity contribution in [1.29, 1.82) is 0 Å². The molecule has 2 rings (SSSR count). The Labute approximate surface area is 103 Å². The molecule has 1 atom stereocenters. The quantitative estimate of drug-likeness (QED) is 0.619. The average Bonchev–Trinajstić information content (AvgIpc) is 2.37. The summed E-state index contributed by atoms with van der Waals surface area (Å²) in [7, 11) is 0. The van der Waals surface area contributed by atoms with Crippen molar-refractivity contribution in [3.05, 3.63) is 23.8 Å². The number of hydrogen-bond acceptors (Lipinski definition) is 4. The lowest BCUT2D eigenvalue weighted by molar-refractivity contribution is 0.298. The molecule has 1 unspecified atom stereocenters. The van der Waals surface area contributed by atoms with E-state index < -0.39 is 0 Å². The lowest BCUT2D eigenvalue weighted by Crippen LogP contribution is -2.31. The van der Waals surface area contributed by atoms with E-state index in [1.165, 1.54) is 32.1 Å². The van der Waals surface area contributed by atoms with Crippen LogP contribution in [-0.2, 0) is 0 Å². The predicted molar refractivity (Wildman–Crippen MR) is 68.0 cm³/mol. The van der Waals surface area contributed by atoms with E-state index >= 15 is 0 Å². The molecular formula is C13H22N4. The number of rotatable bonds is 4. The second kappa shape index (κ2) is 6.07. The Morgan fingerprint density at radius 1 is 1.41 bits per heavy atom. The monoisotopic (exact) mass is 234 g/mol. The minimum Gasteiger partial charge on any atom is -0.271 e. The van der Waals surface area contributed by atoms with E-state index in [9.17, 15) is 0 Å². The fourth-order valence-corrected chi connectivity index (χ4v) is 2.70. The van der Waals surface area contributed by atoms with Gasteiger partial charge in [0.25, 0.3) is 0 Å². The van der Waals surface area contributed by atoms with Gasteiger partial charge in [0.15, 0.2) is 0 Å². The summed E-state index contributed by atoms with van der Waals surface area (Å²) in [6.45, 7) is 1.91. The number of nitrogens with zero attached hydrogens (tertiary/aromatic N) is 2. The fourth-order valence-electron chi connectivity index (χ4n) is 2.70. The molecule has 1 aliphatic rings. The molecule has 0 amide bonds. The average molecular weight is 234 g/mol. The topological polar surface area (TPSA) is 63.8 Å². The van der Waals surface area contributed by atoms with E-state index in [1.807, 2.05) is 19.2 Å². The first kappa shape index (κ1) is 12.5. The Bertz CT molecular complexity index is 347. The van der Waals surface area contributed by atoms with Gasteiger partial charge in [0.05, 0.1) is 11.7 Å². The molecule has 1 aromatic rings. The van der Waals surface area contributed by atoms with Gasteiger partial charge in [-0.1, -0.05) is 32.1 Å². The number of aromatic nitrogens is 2. The number of aryl methyl sites for hydroxylation is 1. The molecule has 4 heteroatoms. The normalized spacial score (nSPS) is 19.2. The van der Waals surface area contributed by atoms with Gasteiger partial charge in [-0.25, -0.2) is 9.97 Å². The maximum Gasteiger partial charge on any atom is 0.125 e. The molecule has 0 radical (unpaired) electrons. The SMILES string of the molecule is Cc1nccc(C(CC2CCCCC2)NN)n1. The van der Waals surface area contributed by atoms with Gasteiger partial charge in [0, 0.05) is 6.20 Å². The summed E-state index contributed by atoms with van der Waals surface area (Å²) in [6, 6.07) is 2.13. The third-order valence-corrected chi connectivity index (χ3v) is 3.65. The highest BCUT2D eigenvalue weighted by molar-refractivity contribution is 5.07. The Morgan fingerprint density at radius 2 is 2.18 bits per heavy atom. The van der Waals surface area contributed by atoms with E-state index in [2.05, 4.69) is 15.4 Å². The highest BCUT2D eigenvalue weighted by Crippen LogP contribution is 2.30. The van der Waals surface area contributed by atoms with Crippen LogP contribution in [0.3, 0.4) is 0 Å². The molecule has 94 valence electrons. The van der Waals surface area contributed by atoms with Gasteiger partial charge in [-0.3, -0.25) is 11.3 Å². The van der Waals surface area contributed by atoms with Crippen LogP contribution >= 0.6 is 0 Å². The fraction of sp³-hybridized carbons (Fsp3) is 0.692. The molecule has 1 fully saturated rings. The molecule has 1 aliphatic carbocycles. The zero-order valence-electron chi connectivity index (χ0n) is 10.5. The zero-order chi connectivity index (χ0) is 12.1. The third-order valence-electron chi connectivity index (χ3n) is 3.65. The van der Waals surface area contributed by atoms with Crippen molar-refractivity contribution in [3.63, 3.8) is 0 Å². The minimum atomic E-state index is 0.166. The summed E-state index contributed by atoms with van der Waals surface area (Å²) in [4.78, 5) is 8.58. The largest absolute Gasteiger partial charge is 0.271 e. The van der Waals surface area contributed by atoms with Crippen LogP contribution in [0.15, 0.2) is 12.3 Å². The van der Waals surface area contributed by atoms with Crippen molar-refractivity contribution < 1.29 is 0 Å². The molecule has 0 aliphatic heterocycles. The lowest BCUT2D eigenvalue weighted by Gasteiger charge is -2.25. The standard InChI is InChI=1S/C13H22N4/c1-10-15-8-7-12(16-10)13(17-14)9-11-5-3-2-4-6-11/h7-8,11,13,17H,2-6,9,14H2,1H3. The Morgan fingerprint density at radius 3 is 2.82 bits per heavy atom. The van der Waals surface area contributed by atoms with Crippen LogP contribution < -0.4 is 11.3 Å². The summed E-state index contributed by atoms with van der Waals surface area (Å²) in [5.41, 5.74) is 3.92. The van der Waals surface area contributed by atoms with Crippen LogP contribution in [0.25, 0.3) is 0 Å². The first-order chi connectivity index (χ1) is 8.29. The van der Waals surface area contributed by atoms with Crippen molar-refractivity contribution in [2.75, 3.05) is 0 Å². The summed E-state index contributed by atoms with van der Waals surface area (Å²) in [6.07, 6.45) is 9.69. The molecule has 1 saturated carbocycles. The molecular weight excluding hydrogens is 212 g/mol. The van der Waals surface area contributed by atoms with Gasteiger partial charge < -0.3 is 0 Å². The minimum absolute atomic E-state index is 0.166. The summed E-state index contributed by atoms with van der Waals surface area (Å²) >= 11 is 0. The molecule has 0 bridgehead atoms. The maximum absolute atomic E-state index is 5.66. The maximum atomic E-state index is 5.66. The number of nitrogens with one attached hydrogen (secondary N) is 1. The zero-order valence-corrected chi connectivity index (χ0v) is 10.5. The van der Waals surface area contributed by atoms with E-state index in [1.54, 1.807) is 0 Å². The van der Waals surface area contributed by atoms with Crippen molar-refractivity contribution in [2.24, 2.45) is 11.8 Å². The lowest BCUT2D eigenvalue weighted by atomic mass is 9.84. The van der Waals surface area contributed by atoms with Gasteiger partial charge in [-0.15, -0.1) is 0 Å². The van der Waals surface area contributed by atoms with Gasteiger partial charge >= 0.3 is 0 Å². The molecule has 1 heterocycles. The van der Waals surface area contributed by atoms with Gasteiger partial charge in [-0.2, -0.15) is 0 Å². The Balaban J connectivity index is 2.00. The van der Waals surface area contributed by atoms with Gasteiger partial charge in [0.1, 0.15) is 5.82 Å². The molecule has 3 N–H and O–H groups in total. The number of nitrogens with two attached hydrogens (primary N) is 1. The van der Waals surface area contributed by atoms with Crippen LogP contribution in [0.1, 0.15) is 56.1 Å². The van der Waals surface area contributed by atoms with Crippen molar-refractivity contribution in [2.45, 2.75) is 51.5 Å². The van der Waals surface area contributed by atoms with Gasteiger partial charge in [0.2, 0.25) is 0 Å². The smallest absolute Gasteiger partial charge is 0.125 e. The third kappa shape index (κ3) is 3.48. The molecule has 1 aromatic heterocycles. The number of hydrogen-bond donors (Lipinski definition) is 2. The molecule has 0 aromatic carbocycles. The van der Waals surface area contributed by atoms with Crippen LogP contribution in [-0.4, -0.2) is 9.97 Å².